The van der Waals surface area contributed by atoms with E-state index >= 15 is 0 Å². The number of carbonyl (C=O) groups excluding carboxylic acids is 2. The molecule has 5 N–H and O–H groups in total. The highest BCUT2D eigenvalue weighted by Crippen LogP contribution is 2.06. The van der Waals surface area contributed by atoms with Gasteiger partial charge in [0.25, 0.3) is 0 Å². The number of hydrogen-bond acceptors (Lipinski definition) is 4. The summed E-state index contributed by atoms with van der Waals surface area (Å²) >= 11 is 0. The Bertz CT molecular complexity index is 345. The monoisotopic (exact) mass is 301 g/mol. The lowest BCUT2D eigenvalue weighted by atomic mass is 10.0. The molecule has 1 atom stereocenters. The van der Waals surface area contributed by atoms with Crippen molar-refractivity contribution in [1.29, 1.82) is 0 Å². The van der Waals surface area contributed by atoms with Crippen LogP contribution in [-0.2, 0) is 14.4 Å². The quantitative estimate of drug-likeness (QED) is 0.407. The number of carboxylic acid groups (broad SMARTS) is 1. The van der Waals surface area contributed by atoms with Gasteiger partial charge < -0.3 is 21.5 Å². The Morgan fingerprint density at radius 2 is 1.81 bits per heavy atom. The summed E-state index contributed by atoms with van der Waals surface area (Å²) in [5, 5.41) is 13.9. The van der Waals surface area contributed by atoms with E-state index in [9.17, 15) is 14.4 Å². The minimum Gasteiger partial charge on any atom is -0.481 e. The summed E-state index contributed by atoms with van der Waals surface area (Å²) < 4.78 is 0. The zero-order valence-corrected chi connectivity index (χ0v) is 12.9. The second-order valence-electron chi connectivity index (χ2n) is 5.43. The minimum atomic E-state index is -1.03. The molecule has 0 aromatic carbocycles. The van der Waals surface area contributed by atoms with Gasteiger partial charge in [0, 0.05) is 13.0 Å². The van der Waals surface area contributed by atoms with Crippen molar-refractivity contribution in [3.05, 3.63) is 0 Å². The lowest BCUT2D eigenvalue weighted by Crippen LogP contribution is -2.47. The topological polar surface area (TPSA) is 122 Å². The van der Waals surface area contributed by atoms with Crippen molar-refractivity contribution in [3.8, 4) is 0 Å². The average Bonchev–Trinajstić information content (AvgIpc) is 2.40. The van der Waals surface area contributed by atoms with Crippen LogP contribution in [0.4, 0.5) is 0 Å². The van der Waals surface area contributed by atoms with Gasteiger partial charge in [-0.15, -0.1) is 0 Å². The molecule has 7 heteroatoms. The molecule has 0 radical (unpaired) electrons. The highest BCUT2D eigenvalue weighted by molar-refractivity contribution is 5.88. The van der Waals surface area contributed by atoms with E-state index in [4.69, 9.17) is 10.8 Å². The molecule has 0 aliphatic heterocycles. The lowest BCUT2D eigenvalue weighted by molar-refractivity contribution is -0.139. The van der Waals surface area contributed by atoms with Gasteiger partial charge in [-0.05, 0) is 31.7 Å². The predicted molar refractivity (Wildman–Crippen MR) is 79.6 cm³/mol. The van der Waals surface area contributed by atoms with Crippen molar-refractivity contribution < 1.29 is 19.5 Å². The van der Waals surface area contributed by atoms with Crippen LogP contribution in [0.1, 0.15) is 46.0 Å². The third-order valence-electron chi connectivity index (χ3n) is 2.85. The fourth-order valence-electron chi connectivity index (χ4n) is 1.79. The number of aliphatic carboxylic acids is 1. The predicted octanol–water partition coefficient (Wildman–Crippen LogP) is 0.237. The molecule has 7 nitrogen and oxygen atoms in total. The average molecular weight is 301 g/mol. The van der Waals surface area contributed by atoms with Crippen molar-refractivity contribution >= 4 is 17.8 Å². The van der Waals surface area contributed by atoms with Gasteiger partial charge in [0.15, 0.2) is 0 Å². The molecule has 0 heterocycles. The molecule has 0 fully saturated rings. The summed E-state index contributed by atoms with van der Waals surface area (Å²) in [6.07, 6.45) is 1.79. The first kappa shape index (κ1) is 19.4. The van der Waals surface area contributed by atoms with E-state index in [0.29, 0.717) is 19.5 Å². The Morgan fingerprint density at radius 3 is 2.33 bits per heavy atom. The van der Waals surface area contributed by atoms with Gasteiger partial charge in [-0.25, -0.2) is 0 Å². The summed E-state index contributed by atoms with van der Waals surface area (Å²) in [5.74, 6) is -1.44. The maximum atomic E-state index is 12.0. The number of carboxylic acids is 1. The molecule has 0 bridgehead atoms. The molecule has 0 saturated carbocycles. The van der Waals surface area contributed by atoms with E-state index in [-0.39, 0.29) is 24.7 Å². The molecule has 0 aromatic rings. The van der Waals surface area contributed by atoms with Crippen molar-refractivity contribution in [2.45, 2.75) is 52.0 Å². The van der Waals surface area contributed by atoms with Crippen molar-refractivity contribution in [1.82, 2.24) is 10.6 Å². The second kappa shape index (κ2) is 11.1. The molecule has 0 rings (SSSR count). The summed E-state index contributed by atoms with van der Waals surface area (Å²) in [4.78, 5) is 34.1. The maximum Gasteiger partial charge on any atom is 0.303 e. The normalized spacial score (nSPS) is 12.0. The third kappa shape index (κ3) is 10.8. The van der Waals surface area contributed by atoms with E-state index in [0.717, 1.165) is 12.8 Å². The molecule has 0 saturated heterocycles. The van der Waals surface area contributed by atoms with Gasteiger partial charge in [0.1, 0.15) is 6.04 Å². The van der Waals surface area contributed by atoms with Gasteiger partial charge in [0.2, 0.25) is 11.8 Å². The molecule has 0 spiro atoms. The third-order valence-corrected chi connectivity index (χ3v) is 2.85. The SMILES string of the molecule is CC(C)CC(NC(=O)CCC(=O)O)C(=O)NCCCCN. The molecule has 21 heavy (non-hydrogen) atoms. The molecule has 1 unspecified atom stereocenters. The van der Waals surface area contributed by atoms with Crippen LogP contribution >= 0.6 is 0 Å². The first-order valence-electron chi connectivity index (χ1n) is 7.35. The molecule has 0 aromatic heterocycles. The number of hydrogen-bond donors (Lipinski definition) is 4. The van der Waals surface area contributed by atoms with Gasteiger partial charge in [-0.1, -0.05) is 13.8 Å². The van der Waals surface area contributed by atoms with Crippen LogP contribution in [-0.4, -0.2) is 42.0 Å². The summed E-state index contributed by atoms with van der Waals surface area (Å²) in [5.41, 5.74) is 5.38. The van der Waals surface area contributed by atoms with Crippen molar-refractivity contribution in [2.75, 3.05) is 13.1 Å². The number of amides is 2. The lowest BCUT2D eigenvalue weighted by Gasteiger charge is -2.20. The molecule has 0 aliphatic rings. The Morgan fingerprint density at radius 1 is 1.14 bits per heavy atom. The van der Waals surface area contributed by atoms with E-state index < -0.39 is 17.9 Å². The molecular weight excluding hydrogens is 274 g/mol. The second-order valence-corrected chi connectivity index (χ2v) is 5.43. The summed E-state index contributed by atoms with van der Waals surface area (Å²) in [6.45, 7) is 5.02. The number of unbranched alkanes of at least 4 members (excludes halogenated alkanes) is 1. The smallest absolute Gasteiger partial charge is 0.303 e. The van der Waals surface area contributed by atoms with Gasteiger partial charge in [0.05, 0.1) is 6.42 Å². The number of rotatable bonds is 11. The Balaban J connectivity index is 4.32. The standard InChI is InChI=1S/C14H27N3O4/c1-10(2)9-11(14(21)16-8-4-3-7-15)17-12(18)5-6-13(19)20/h10-11H,3-9,15H2,1-2H3,(H,16,21)(H,17,18)(H,19,20). The van der Waals surface area contributed by atoms with E-state index in [1.807, 2.05) is 13.8 Å². The van der Waals surface area contributed by atoms with Gasteiger partial charge in [-0.2, -0.15) is 0 Å². The van der Waals surface area contributed by atoms with E-state index in [2.05, 4.69) is 10.6 Å². The van der Waals surface area contributed by atoms with Gasteiger partial charge >= 0.3 is 5.97 Å². The van der Waals surface area contributed by atoms with Crippen LogP contribution in [0.3, 0.4) is 0 Å². The number of nitrogens with one attached hydrogen (secondary N) is 2. The Labute approximate surface area is 125 Å². The molecule has 122 valence electrons. The molecular formula is C14H27N3O4. The fraction of sp³-hybridized carbons (Fsp3) is 0.786. The number of carbonyl (C=O) groups is 3. The van der Waals surface area contributed by atoms with Crippen LogP contribution in [0.25, 0.3) is 0 Å². The van der Waals surface area contributed by atoms with Crippen LogP contribution in [0.15, 0.2) is 0 Å². The van der Waals surface area contributed by atoms with Crippen LogP contribution in [0, 0.1) is 5.92 Å². The fourth-order valence-corrected chi connectivity index (χ4v) is 1.79. The Kier molecular flexibility index (Phi) is 10.2. The van der Waals surface area contributed by atoms with Gasteiger partial charge in [-0.3, -0.25) is 14.4 Å². The van der Waals surface area contributed by atoms with Crippen LogP contribution in [0.2, 0.25) is 0 Å². The first-order valence-corrected chi connectivity index (χ1v) is 7.35. The van der Waals surface area contributed by atoms with Crippen molar-refractivity contribution in [2.24, 2.45) is 11.7 Å². The minimum absolute atomic E-state index is 0.121. The van der Waals surface area contributed by atoms with Crippen LogP contribution < -0.4 is 16.4 Å². The van der Waals surface area contributed by atoms with E-state index in [1.165, 1.54) is 0 Å². The highest BCUT2D eigenvalue weighted by atomic mass is 16.4. The largest absolute Gasteiger partial charge is 0.481 e. The van der Waals surface area contributed by atoms with E-state index in [1.54, 1.807) is 0 Å². The molecule has 0 aliphatic carbocycles. The molecule has 2 amide bonds. The Hall–Kier alpha value is -1.63. The summed E-state index contributed by atoms with van der Waals surface area (Å²) in [6, 6.07) is -0.621. The van der Waals surface area contributed by atoms with Crippen LogP contribution in [0.5, 0.6) is 0 Å². The first-order chi connectivity index (χ1) is 9.86. The zero-order valence-electron chi connectivity index (χ0n) is 12.9. The highest BCUT2D eigenvalue weighted by Gasteiger charge is 2.21. The number of nitrogens with two attached hydrogens (primary N) is 1. The summed E-state index contributed by atoms with van der Waals surface area (Å²) in [7, 11) is 0. The van der Waals surface area contributed by atoms with Crippen molar-refractivity contribution in [3.63, 3.8) is 0 Å². The zero-order chi connectivity index (χ0) is 16.3. The maximum absolute atomic E-state index is 12.0.